The normalized spacial score (nSPS) is 27.6. The van der Waals surface area contributed by atoms with Crippen LogP contribution < -0.4 is 5.32 Å². The van der Waals surface area contributed by atoms with Crippen molar-refractivity contribution in [3.8, 4) is 0 Å². The van der Waals surface area contributed by atoms with E-state index < -0.39 is 11.8 Å². The van der Waals surface area contributed by atoms with E-state index in [1.165, 1.54) is 9.80 Å². The van der Waals surface area contributed by atoms with Crippen molar-refractivity contribution in [2.75, 3.05) is 52.4 Å². The van der Waals surface area contributed by atoms with Crippen molar-refractivity contribution in [3.05, 3.63) is 0 Å². The van der Waals surface area contributed by atoms with Crippen LogP contribution in [0.4, 0.5) is 0 Å². The Kier molecular flexibility index (Phi) is 6.46. The molecule has 3 aliphatic rings. The minimum atomic E-state index is -0.539. The van der Waals surface area contributed by atoms with Gasteiger partial charge in [0.2, 0.25) is 5.91 Å². The molecule has 3 saturated heterocycles. The molecule has 1 N–H and O–H groups in total. The maximum absolute atomic E-state index is 12.5. The molecular weight excluding hydrogens is 332 g/mol. The predicted molar refractivity (Wildman–Crippen MR) is 91.7 cm³/mol. The van der Waals surface area contributed by atoms with Crippen molar-refractivity contribution in [2.24, 2.45) is 11.8 Å². The average molecular weight is 359 g/mol. The third-order valence-electron chi connectivity index (χ3n) is 5.48. The second kappa shape index (κ2) is 8.16. The topological polar surface area (TPSA) is 73.0 Å². The smallest absolute Gasteiger partial charge is 0.312 e. The molecule has 0 spiro atoms. The first-order valence-corrected chi connectivity index (χ1v) is 8.66. The van der Waals surface area contributed by atoms with Crippen molar-refractivity contribution in [1.29, 1.82) is 0 Å². The summed E-state index contributed by atoms with van der Waals surface area (Å²) < 4.78 is 0. The summed E-state index contributed by atoms with van der Waals surface area (Å²) >= 11 is 0. The van der Waals surface area contributed by atoms with Crippen LogP contribution in [0.15, 0.2) is 0 Å². The fourth-order valence-electron chi connectivity index (χ4n) is 3.90. The summed E-state index contributed by atoms with van der Waals surface area (Å²) in [7, 11) is 0. The molecule has 0 aromatic heterocycles. The fraction of sp³-hybridized carbons (Fsp3) is 0.812. The molecule has 0 bridgehead atoms. The summed E-state index contributed by atoms with van der Waals surface area (Å²) in [5.74, 6) is 0.294. The van der Waals surface area contributed by atoms with Gasteiger partial charge in [-0.3, -0.25) is 14.4 Å². The Hall–Kier alpha value is -1.34. The lowest BCUT2D eigenvalue weighted by Crippen LogP contribution is -2.56. The van der Waals surface area contributed by atoms with Crippen LogP contribution in [0.25, 0.3) is 0 Å². The van der Waals surface area contributed by atoms with Crippen molar-refractivity contribution >= 4 is 30.1 Å². The largest absolute Gasteiger partial charge is 0.341 e. The number of halogens is 1. The third-order valence-corrected chi connectivity index (χ3v) is 5.48. The molecule has 3 fully saturated rings. The lowest BCUT2D eigenvalue weighted by Gasteiger charge is -2.34. The van der Waals surface area contributed by atoms with Gasteiger partial charge in [-0.25, -0.2) is 0 Å². The summed E-state index contributed by atoms with van der Waals surface area (Å²) in [4.78, 5) is 41.4. The molecule has 3 amide bonds. The Labute approximate surface area is 149 Å². The zero-order valence-corrected chi connectivity index (χ0v) is 15.0. The molecule has 3 heterocycles. The first kappa shape index (κ1) is 19.0. The number of nitrogens with zero attached hydrogens (tertiary/aromatic N) is 3. The van der Waals surface area contributed by atoms with E-state index in [9.17, 15) is 14.4 Å². The van der Waals surface area contributed by atoms with Gasteiger partial charge in [0.25, 0.3) is 0 Å². The lowest BCUT2D eigenvalue weighted by atomic mass is 9.92. The van der Waals surface area contributed by atoms with Gasteiger partial charge in [-0.1, -0.05) is 0 Å². The van der Waals surface area contributed by atoms with Gasteiger partial charge < -0.3 is 20.0 Å². The summed E-state index contributed by atoms with van der Waals surface area (Å²) in [6.45, 7) is 7.03. The first-order valence-electron chi connectivity index (χ1n) is 8.66. The summed E-state index contributed by atoms with van der Waals surface area (Å²) in [6.07, 6.45) is 2.06. The third kappa shape index (κ3) is 3.83. The van der Waals surface area contributed by atoms with Gasteiger partial charge in [0.1, 0.15) is 6.54 Å². The summed E-state index contributed by atoms with van der Waals surface area (Å²) in [5.41, 5.74) is 0. The maximum atomic E-state index is 12.5. The molecule has 0 saturated carbocycles. The van der Waals surface area contributed by atoms with E-state index in [-0.39, 0.29) is 24.9 Å². The zero-order valence-electron chi connectivity index (χ0n) is 14.2. The number of rotatable bonds is 3. The highest BCUT2D eigenvalue weighted by Gasteiger charge is 2.35. The molecule has 0 aromatic rings. The van der Waals surface area contributed by atoms with Gasteiger partial charge >= 0.3 is 11.8 Å². The Morgan fingerprint density at radius 2 is 1.54 bits per heavy atom. The van der Waals surface area contributed by atoms with Crippen LogP contribution in [0, 0.1) is 11.8 Å². The highest BCUT2D eigenvalue weighted by atomic mass is 35.5. The Bertz CT molecular complexity index is 488. The van der Waals surface area contributed by atoms with Crippen molar-refractivity contribution in [3.63, 3.8) is 0 Å². The number of amides is 3. The summed E-state index contributed by atoms with van der Waals surface area (Å²) in [5, 5.41) is 3.42. The van der Waals surface area contributed by atoms with E-state index in [0.717, 1.165) is 39.0 Å². The minimum Gasteiger partial charge on any atom is -0.341 e. The minimum absolute atomic E-state index is 0. The van der Waals surface area contributed by atoms with Crippen LogP contribution in [0.2, 0.25) is 0 Å². The van der Waals surface area contributed by atoms with Crippen LogP contribution in [-0.4, -0.2) is 84.8 Å². The van der Waals surface area contributed by atoms with Crippen molar-refractivity contribution in [2.45, 2.75) is 19.8 Å². The monoisotopic (exact) mass is 358 g/mol. The summed E-state index contributed by atoms with van der Waals surface area (Å²) in [6, 6.07) is 0. The quantitative estimate of drug-likeness (QED) is 0.694. The van der Waals surface area contributed by atoms with E-state index in [0.29, 0.717) is 31.5 Å². The fourth-order valence-corrected chi connectivity index (χ4v) is 3.90. The molecule has 8 heteroatoms. The molecule has 0 radical (unpaired) electrons. The van der Waals surface area contributed by atoms with Crippen LogP contribution in [0.3, 0.4) is 0 Å². The maximum Gasteiger partial charge on any atom is 0.312 e. The number of carbonyl (C=O) groups is 3. The van der Waals surface area contributed by atoms with E-state index in [1.54, 1.807) is 0 Å². The number of fused-ring (bicyclic) bond motifs is 1. The van der Waals surface area contributed by atoms with Gasteiger partial charge in [0.05, 0.1) is 0 Å². The molecule has 3 rings (SSSR count). The van der Waals surface area contributed by atoms with E-state index in [1.807, 2.05) is 11.8 Å². The molecule has 136 valence electrons. The first-order chi connectivity index (χ1) is 11.1. The number of nitrogens with one attached hydrogen (secondary N) is 1. The zero-order chi connectivity index (χ0) is 16.4. The predicted octanol–water partition coefficient (Wildman–Crippen LogP) is -0.443. The number of likely N-dealkylation sites (tertiary alicyclic amines) is 1. The second-order valence-corrected chi connectivity index (χ2v) is 6.75. The lowest BCUT2D eigenvalue weighted by molar-refractivity contribution is -0.157. The highest BCUT2D eigenvalue weighted by molar-refractivity contribution is 6.35. The molecule has 3 aliphatic heterocycles. The Morgan fingerprint density at radius 1 is 1.00 bits per heavy atom. The number of carbonyl (C=O) groups excluding carboxylic acids is 3. The van der Waals surface area contributed by atoms with E-state index in [4.69, 9.17) is 0 Å². The number of hydrogen-bond acceptors (Lipinski definition) is 4. The van der Waals surface area contributed by atoms with Gasteiger partial charge in [-0.15, -0.1) is 12.4 Å². The van der Waals surface area contributed by atoms with Crippen molar-refractivity contribution in [1.82, 2.24) is 20.0 Å². The van der Waals surface area contributed by atoms with Crippen LogP contribution in [0.1, 0.15) is 19.8 Å². The molecule has 0 aliphatic carbocycles. The Balaban J connectivity index is 0.00000208. The standard InChI is InChI=1S/C16H26N4O3.ClH/c1-2-18-7-8-20(16(23)15(18)22)11-14(21)19-5-3-12-9-17-10-13(12)4-6-19;/h12-13,17H,2-11H2,1H3;1H/t12-,13+;. The molecule has 0 aromatic carbocycles. The molecule has 0 unspecified atom stereocenters. The van der Waals surface area contributed by atoms with Gasteiger partial charge in [0, 0.05) is 32.7 Å². The number of likely N-dealkylation sites (N-methyl/N-ethyl adjacent to an activating group) is 1. The van der Waals surface area contributed by atoms with Crippen LogP contribution in [-0.2, 0) is 14.4 Å². The number of piperazine rings is 1. The molecule has 7 nitrogen and oxygen atoms in total. The second-order valence-electron chi connectivity index (χ2n) is 6.75. The highest BCUT2D eigenvalue weighted by Crippen LogP contribution is 2.27. The van der Waals surface area contributed by atoms with Crippen LogP contribution >= 0.6 is 12.4 Å². The molecular formula is C16H27ClN4O3. The SMILES string of the molecule is CCN1CCN(CC(=O)N2CC[C@@H]3CNC[C@@H]3CC2)C(=O)C1=O.Cl. The molecule has 2 atom stereocenters. The van der Waals surface area contributed by atoms with Crippen LogP contribution in [0.5, 0.6) is 0 Å². The average Bonchev–Trinajstić information content (AvgIpc) is 2.90. The van der Waals surface area contributed by atoms with Gasteiger partial charge in [-0.2, -0.15) is 0 Å². The Morgan fingerprint density at radius 3 is 2.12 bits per heavy atom. The van der Waals surface area contributed by atoms with Gasteiger partial charge in [-0.05, 0) is 44.7 Å². The van der Waals surface area contributed by atoms with E-state index in [2.05, 4.69) is 5.32 Å². The van der Waals surface area contributed by atoms with Gasteiger partial charge in [0.15, 0.2) is 0 Å². The molecule has 24 heavy (non-hydrogen) atoms. The van der Waals surface area contributed by atoms with E-state index >= 15 is 0 Å². The van der Waals surface area contributed by atoms with Crippen molar-refractivity contribution < 1.29 is 14.4 Å². The number of hydrogen-bond donors (Lipinski definition) is 1.